The number of hydrogen-bond donors (Lipinski definition) is 1. The summed E-state index contributed by atoms with van der Waals surface area (Å²) in [5.74, 6) is 0. The standard InChI is InChI=1S/C16H19N5/c1-13(2)20-12-17-10-16(20)11-18-14-4-6-15(7-5-14)21-9-3-8-19-21/h3-10,12-13,18H,11H2,1-2H3. The van der Waals surface area contributed by atoms with Crippen molar-refractivity contribution in [2.24, 2.45) is 0 Å². The van der Waals surface area contributed by atoms with Gasteiger partial charge in [0.1, 0.15) is 0 Å². The zero-order valence-electron chi connectivity index (χ0n) is 12.3. The Hall–Kier alpha value is -2.56. The molecule has 0 aliphatic rings. The fourth-order valence-electron chi connectivity index (χ4n) is 2.28. The van der Waals surface area contributed by atoms with Gasteiger partial charge in [-0.2, -0.15) is 5.10 Å². The van der Waals surface area contributed by atoms with Crippen LogP contribution >= 0.6 is 0 Å². The van der Waals surface area contributed by atoms with Crippen LogP contribution in [0.1, 0.15) is 25.6 Å². The van der Waals surface area contributed by atoms with Gasteiger partial charge in [0.15, 0.2) is 0 Å². The molecule has 21 heavy (non-hydrogen) atoms. The van der Waals surface area contributed by atoms with E-state index in [1.807, 2.05) is 29.5 Å². The maximum Gasteiger partial charge on any atom is 0.0951 e. The Balaban J connectivity index is 1.67. The van der Waals surface area contributed by atoms with Crippen LogP contribution in [0.15, 0.2) is 55.2 Å². The number of aromatic nitrogens is 4. The molecule has 2 aromatic heterocycles. The highest BCUT2D eigenvalue weighted by atomic mass is 15.3. The number of nitrogens with zero attached hydrogens (tertiary/aromatic N) is 4. The molecule has 0 saturated heterocycles. The Morgan fingerprint density at radius 3 is 2.67 bits per heavy atom. The third-order valence-corrected chi connectivity index (χ3v) is 3.41. The minimum Gasteiger partial charge on any atom is -0.379 e. The highest BCUT2D eigenvalue weighted by molar-refractivity contribution is 5.48. The largest absolute Gasteiger partial charge is 0.379 e. The van der Waals surface area contributed by atoms with Crippen molar-refractivity contribution in [3.8, 4) is 5.69 Å². The number of anilines is 1. The summed E-state index contributed by atoms with van der Waals surface area (Å²) in [5.41, 5.74) is 3.32. The third kappa shape index (κ3) is 2.97. The van der Waals surface area contributed by atoms with Crippen molar-refractivity contribution >= 4 is 5.69 Å². The van der Waals surface area contributed by atoms with E-state index in [2.05, 4.69) is 58.1 Å². The van der Waals surface area contributed by atoms with E-state index in [4.69, 9.17) is 0 Å². The van der Waals surface area contributed by atoms with Crippen molar-refractivity contribution in [3.05, 3.63) is 60.9 Å². The van der Waals surface area contributed by atoms with Crippen LogP contribution in [-0.4, -0.2) is 19.3 Å². The monoisotopic (exact) mass is 281 g/mol. The lowest BCUT2D eigenvalue weighted by molar-refractivity contribution is 0.577. The quantitative estimate of drug-likeness (QED) is 0.781. The molecular weight excluding hydrogens is 262 g/mol. The smallest absolute Gasteiger partial charge is 0.0951 e. The van der Waals surface area contributed by atoms with E-state index in [0.717, 1.165) is 17.9 Å². The molecule has 0 saturated carbocycles. The second kappa shape index (κ2) is 5.83. The van der Waals surface area contributed by atoms with Crippen LogP contribution in [0.3, 0.4) is 0 Å². The first-order chi connectivity index (χ1) is 10.2. The molecule has 0 spiro atoms. The molecule has 3 rings (SSSR count). The molecule has 2 heterocycles. The van der Waals surface area contributed by atoms with Gasteiger partial charge in [0.25, 0.3) is 0 Å². The Bertz CT molecular complexity index is 680. The van der Waals surface area contributed by atoms with Crippen LogP contribution < -0.4 is 5.32 Å². The first kappa shape index (κ1) is 13.4. The first-order valence-electron chi connectivity index (χ1n) is 7.08. The highest BCUT2D eigenvalue weighted by Crippen LogP contribution is 2.15. The molecular formula is C16H19N5. The van der Waals surface area contributed by atoms with Gasteiger partial charge in [0, 0.05) is 30.3 Å². The topological polar surface area (TPSA) is 47.7 Å². The minimum atomic E-state index is 0.423. The molecule has 0 bridgehead atoms. The van der Waals surface area contributed by atoms with Crippen molar-refractivity contribution in [3.63, 3.8) is 0 Å². The second-order valence-corrected chi connectivity index (χ2v) is 5.24. The van der Waals surface area contributed by atoms with E-state index in [1.54, 1.807) is 6.20 Å². The number of nitrogens with one attached hydrogen (secondary N) is 1. The summed E-state index contributed by atoms with van der Waals surface area (Å²) in [6.45, 7) is 5.08. The predicted molar refractivity (Wildman–Crippen MR) is 83.5 cm³/mol. The molecule has 0 atom stereocenters. The third-order valence-electron chi connectivity index (χ3n) is 3.41. The van der Waals surface area contributed by atoms with Crippen LogP contribution in [0.25, 0.3) is 5.69 Å². The number of rotatable bonds is 5. The minimum absolute atomic E-state index is 0.423. The summed E-state index contributed by atoms with van der Waals surface area (Å²) < 4.78 is 4.02. The maximum absolute atomic E-state index is 4.22. The van der Waals surface area contributed by atoms with E-state index < -0.39 is 0 Å². The van der Waals surface area contributed by atoms with Gasteiger partial charge in [-0.1, -0.05) is 0 Å². The Morgan fingerprint density at radius 1 is 1.19 bits per heavy atom. The zero-order chi connectivity index (χ0) is 14.7. The van der Waals surface area contributed by atoms with Crippen LogP contribution in [-0.2, 0) is 6.54 Å². The van der Waals surface area contributed by atoms with Crippen LogP contribution in [0.4, 0.5) is 5.69 Å². The fraction of sp³-hybridized carbons (Fsp3) is 0.250. The van der Waals surface area contributed by atoms with Gasteiger partial charge in [0.2, 0.25) is 0 Å². The normalized spacial score (nSPS) is 11.0. The average Bonchev–Trinajstić information content (AvgIpc) is 3.17. The highest BCUT2D eigenvalue weighted by Gasteiger charge is 2.05. The van der Waals surface area contributed by atoms with Gasteiger partial charge in [-0.25, -0.2) is 9.67 Å². The lowest BCUT2D eigenvalue weighted by atomic mass is 10.2. The zero-order valence-corrected chi connectivity index (χ0v) is 12.3. The van der Waals surface area contributed by atoms with Crippen molar-refractivity contribution in [2.75, 3.05) is 5.32 Å². The lowest BCUT2D eigenvalue weighted by Crippen LogP contribution is -2.08. The van der Waals surface area contributed by atoms with E-state index >= 15 is 0 Å². The van der Waals surface area contributed by atoms with Gasteiger partial charge >= 0.3 is 0 Å². The van der Waals surface area contributed by atoms with Crippen LogP contribution in [0, 0.1) is 0 Å². The van der Waals surface area contributed by atoms with Gasteiger partial charge in [-0.15, -0.1) is 0 Å². The number of imidazole rings is 1. The average molecular weight is 281 g/mol. The van der Waals surface area contributed by atoms with Gasteiger partial charge in [-0.3, -0.25) is 0 Å². The molecule has 0 amide bonds. The summed E-state index contributed by atoms with van der Waals surface area (Å²) in [7, 11) is 0. The molecule has 5 heteroatoms. The molecule has 3 aromatic rings. The van der Waals surface area contributed by atoms with Crippen molar-refractivity contribution in [1.82, 2.24) is 19.3 Å². The van der Waals surface area contributed by atoms with E-state index in [1.165, 1.54) is 5.69 Å². The Morgan fingerprint density at radius 2 is 2.00 bits per heavy atom. The van der Waals surface area contributed by atoms with Gasteiger partial charge in [0.05, 0.1) is 24.3 Å². The van der Waals surface area contributed by atoms with E-state index in [0.29, 0.717) is 6.04 Å². The summed E-state index contributed by atoms with van der Waals surface area (Å²) in [5, 5.41) is 7.64. The molecule has 1 aromatic carbocycles. The molecule has 1 N–H and O–H groups in total. The number of benzene rings is 1. The Labute approximate surface area is 124 Å². The first-order valence-corrected chi connectivity index (χ1v) is 7.08. The van der Waals surface area contributed by atoms with Crippen LogP contribution in [0.5, 0.6) is 0 Å². The van der Waals surface area contributed by atoms with E-state index in [-0.39, 0.29) is 0 Å². The summed E-state index contributed by atoms with van der Waals surface area (Å²) >= 11 is 0. The SMILES string of the molecule is CC(C)n1cncc1CNc1ccc(-n2cccn2)cc1. The van der Waals surface area contributed by atoms with Crippen molar-refractivity contribution in [2.45, 2.75) is 26.4 Å². The van der Waals surface area contributed by atoms with Crippen molar-refractivity contribution < 1.29 is 0 Å². The van der Waals surface area contributed by atoms with E-state index in [9.17, 15) is 0 Å². The molecule has 0 radical (unpaired) electrons. The van der Waals surface area contributed by atoms with Gasteiger partial charge < -0.3 is 9.88 Å². The Kier molecular flexibility index (Phi) is 3.73. The molecule has 5 nitrogen and oxygen atoms in total. The lowest BCUT2D eigenvalue weighted by Gasteiger charge is -2.13. The predicted octanol–water partition coefficient (Wildman–Crippen LogP) is 3.26. The molecule has 0 aliphatic heterocycles. The molecule has 0 aliphatic carbocycles. The molecule has 108 valence electrons. The summed E-state index contributed by atoms with van der Waals surface area (Å²) in [6, 6.07) is 10.6. The van der Waals surface area contributed by atoms with Gasteiger partial charge in [-0.05, 0) is 44.2 Å². The summed E-state index contributed by atoms with van der Waals surface area (Å²) in [4.78, 5) is 4.21. The number of hydrogen-bond acceptors (Lipinski definition) is 3. The van der Waals surface area contributed by atoms with Crippen LogP contribution in [0.2, 0.25) is 0 Å². The fourth-order valence-corrected chi connectivity index (χ4v) is 2.28. The molecule has 0 fully saturated rings. The second-order valence-electron chi connectivity index (χ2n) is 5.24. The maximum atomic E-state index is 4.22. The summed E-state index contributed by atoms with van der Waals surface area (Å²) in [6.07, 6.45) is 7.50. The van der Waals surface area contributed by atoms with Crippen molar-refractivity contribution in [1.29, 1.82) is 0 Å². The molecule has 0 unspecified atom stereocenters.